The molecule has 0 saturated heterocycles. The van der Waals surface area contributed by atoms with Gasteiger partial charge in [-0.15, -0.1) is 6.58 Å². The number of hydrogen-bond acceptors (Lipinski definition) is 0. The summed E-state index contributed by atoms with van der Waals surface area (Å²) < 4.78 is 44.5. The van der Waals surface area contributed by atoms with Gasteiger partial charge in [0.25, 0.3) is 0 Å². The minimum Gasteiger partial charge on any atom is -0.208 e. The summed E-state index contributed by atoms with van der Waals surface area (Å²) in [6.07, 6.45) is 10.7. The summed E-state index contributed by atoms with van der Waals surface area (Å²) in [7, 11) is 0. The highest BCUT2D eigenvalue weighted by atomic mass is 19.2. The lowest BCUT2D eigenvalue weighted by atomic mass is 9.79. The fourth-order valence-corrected chi connectivity index (χ4v) is 4.14. The third kappa shape index (κ3) is 4.40. The van der Waals surface area contributed by atoms with Gasteiger partial charge in [0.2, 0.25) is 0 Å². The van der Waals surface area contributed by atoms with E-state index in [4.69, 9.17) is 0 Å². The quantitative estimate of drug-likeness (QED) is 0.439. The summed E-state index contributed by atoms with van der Waals surface area (Å²) in [6, 6.07) is 8.24. The minimum absolute atomic E-state index is 0.280. The molecule has 0 unspecified atom stereocenters. The van der Waals surface area contributed by atoms with Crippen molar-refractivity contribution in [2.75, 3.05) is 0 Å². The first-order chi connectivity index (χ1) is 13.5. The number of allylic oxidation sites excluding steroid dienone is 3. The number of fused-ring (bicyclic) bond motifs is 1. The maximum atomic E-state index is 14.9. The first-order valence-corrected chi connectivity index (χ1v) is 10.1. The molecule has 1 fully saturated rings. The molecule has 2 aromatic rings. The fraction of sp³-hybridized carbons (Fsp3) is 0.360. The molecule has 0 spiro atoms. The van der Waals surface area contributed by atoms with Crippen LogP contribution in [0.1, 0.15) is 56.6 Å². The molecule has 0 aliphatic heterocycles. The van der Waals surface area contributed by atoms with Crippen molar-refractivity contribution in [3.8, 4) is 0 Å². The van der Waals surface area contributed by atoms with E-state index in [0.29, 0.717) is 29.5 Å². The van der Waals surface area contributed by atoms with Crippen LogP contribution in [0, 0.1) is 17.7 Å². The molecule has 0 bridgehead atoms. The van der Waals surface area contributed by atoms with E-state index in [0.717, 1.165) is 31.2 Å². The van der Waals surface area contributed by atoms with Crippen LogP contribution in [0.4, 0.5) is 13.2 Å². The number of hydrogen-bond donors (Lipinski definition) is 0. The number of rotatable bonds is 6. The summed E-state index contributed by atoms with van der Waals surface area (Å²) >= 11 is 0. The molecule has 0 nitrogen and oxygen atoms in total. The molecule has 0 heterocycles. The molecule has 1 aliphatic carbocycles. The molecule has 148 valence electrons. The molecule has 0 amide bonds. The number of benzene rings is 2. The highest BCUT2D eigenvalue weighted by molar-refractivity contribution is 5.88. The summed E-state index contributed by atoms with van der Waals surface area (Å²) in [5.74, 6) is -2.45. The molecule has 0 atom stereocenters. The summed E-state index contributed by atoms with van der Waals surface area (Å²) in [5.41, 5.74) is 0.662. The van der Waals surface area contributed by atoms with Gasteiger partial charge in [-0.1, -0.05) is 36.4 Å². The molecule has 0 N–H and O–H groups in total. The van der Waals surface area contributed by atoms with E-state index in [2.05, 4.69) is 6.58 Å². The summed E-state index contributed by atoms with van der Waals surface area (Å²) in [5, 5.41) is 0.981. The molecule has 28 heavy (non-hydrogen) atoms. The Balaban J connectivity index is 1.83. The Morgan fingerprint density at radius 2 is 1.86 bits per heavy atom. The van der Waals surface area contributed by atoms with Crippen LogP contribution < -0.4 is 0 Å². The molecule has 3 heteroatoms. The van der Waals surface area contributed by atoms with Crippen LogP contribution in [-0.4, -0.2) is 0 Å². The van der Waals surface area contributed by atoms with Crippen molar-refractivity contribution < 1.29 is 13.2 Å². The molecule has 1 saturated carbocycles. The second-order valence-electron chi connectivity index (χ2n) is 7.65. The van der Waals surface area contributed by atoms with E-state index in [1.54, 1.807) is 18.2 Å². The van der Waals surface area contributed by atoms with Crippen molar-refractivity contribution in [2.24, 2.45) is 11.8 Å². The van der Waals surface area contributed by atoms with Crippen molar-refractivity contribution in [1.29, 1.82) is 0 Å². The topological polar surface area (TPSA) is 0 Å². The first-order valence-electron chi connectivity index (χ1n) is 10.1. The van der Waals surface area contributed by atoms with Crippen molar-refractivity contribution >= 4 is 22.7 Å². The van der Waals surface area contributed by atoms with E-state index in [1.807, 2.05) is 31.2 Å². The Kier molecular flexibility index (Phi) is 6.77. The highest BCUT2D eigenvalue weighted by Gasteiger charge is 2.27. The van der Waals surface area contributed by atoms with Crippen LogP contribution in [0.25, 0.3) is 22.7 Å². The fourth-order valence-electron chi connectivity index (χ4n) is 4.14. The highest BCUT2D eigenvalue weighted by Crippen LogP contribution is 2.40. The normalized spacial score (nSPS) is 21.1. The molecule has 2 aromatic carbocycles. The second kappa shape index (κ2) is 9.27. The zero-order chi connectivity index (χ0) is 20.1. The molecular weight excluding hydrogens is 357 g/mol. The second-order valence-corrected chi connectivity index (χ2v) is 7.65. The summed E-state index contributed by atoms with van der Waals surface area (Å²) in [4.78, 5) is 0. The van der Waals surface area contributed by atoms with Gasteiger partial charge < -0.3 is 0 Å². The van der Waals surface area contributed by atoms with Gasteiger partial charge in [0, 0.05) is 16.9 Å². The molecule has 0 aromatic heterocycles. The Hall–Kier alpha value is -2.29. The predicted molar refractivity (Wildman–Crippen MR) is 113 cm³/mol. The monoisotopic (exact) mass is 384 g/mol. The smallest absolute Gasteiger partial charge is 0.165 e. The van der Waals surface area contributed by atoms with Crippen LogP contribution >= 0.6 is 0 Å². The van der Waals surface area contributed by atoms with Crippen molar-refractivity contribution in [2.45, 2.75) is 45.4 Å². The Morgan fingerprint density at radius 1 is 1.11 bits per heavy atom. The van der Waals surface area contributed by atoms with Crippen LogP contribution in [-0.2, 0) is 0 Å². The van der Waals surface area contributed by atoms with Gasteiger partial charge in [-0.2, -0.15) is 0 Å². The van der Waals surface area contributed by atoms with Crippen LogP contribution in [0.5, 0.6) is 0 Å². The van der Waals surface area contributed by atoms with Crippen molar-refractivity contribution in [1.82, 2.24) is 0 Å². The molecule has 0 radical (unpaired) electrons. The van der Waals surface area contributed by atoms with Gasteiger partial charge in [-0.3, -0.25) is 0 Å². The maximum Gasteiger partial charge on any atom is 0.165 e. The first kappa shape index (κ1) is 20.4. The van der Waals surface area contributed by atoms with Gasteiger partial charge in [-0.05, 0) is 74.4 Å². The van der Waals surface area contributed by atoms with E-state index in [1.165, 1.54) is 6.07 Å². The van der Waals surface area contributed by atoms with E-state index >= 15 is 0 Å². The van der Waals surface area contributed by atoms with Crippen LogP contribution in [0.15, 0.2) is 54.9 Å². The predicted octanol–water partition coefficient (Wildman–Crippen LogP) is 8.39. The van der Waals surface area contributed by atoms with Crippen molar-refractivity contribution in [3.63, 3.8) is 0 Å². The zero-order valence-electron chi connectivity index (χ0n) is 16.4. The standard InChI is InChI=1S/C25H27F3/c1-3-5-7-17-8-11-19(12-9-17)23(26)25(28)22-15-13-20-16-18(6-4-2)10-14-21(20)24(22)27/h3-4,6,10,13-17,19H,1,5,7-9,11-12H2,2H3/b6-4+,25-23?. The molecule has 1 aliphatic rings. The third-order valence-corrected chi connectivity index (χ3v) is 5.77. The third-order valence-electron chi connectivity index (χ3n) is 5.77. The van der Waals surface area contributed by atoms with Gasteiger partial charge in [0.15, 0.2) is 5.83 Å². The van der Waals surface area contributed by atoms with Gasteiger partial charge in [0.1, 0.15) is 11.6 Å². The largest absolute Gasteiger partial charge is 0.208 e. The average Bonchev–Trinajstić information content (AvgIpc) is 2.72. The lowest BCUT2D eigenvalue weighted by molar-refractivity contribution is 0.263. The van der Waals surface area contributed by atoms with Gasteiger partial charge in [0.05, 0.1) is 0 Å². The minimum atomic E-state index is -1.05. The number of halogens is 3. The Morgan fingerprint density at radius 3 is 2.54 bits per heavy atom. The lowest BCUT2D eigenvalue weighted by Gasteiger charge is -2.27. The molecule has 3 rings (SSSR count). The van der Waals surface area contributed by atoms with Gasteiger partial charge in [-0.25, -0.2) is 13.2 Å². The Labute approximate surface area is 165 Å². The van der Waals surface area contributed by atoms with Crippen LogP contribution in [0.3, 0.4) is 0 Å². The van der Waals surface area contributed by atoms with E-state index in [9.17, 15) is 13.2 Å². The maximum absolute atomic E-state index is 14.9. The van der Waals surface area contributed by atoms with E-state index < -0.39 is 23.4 Å². The Bertz CT molecular complexity index is 899. The average molecular weight is 384 g/mol. The SMILES string of the molecule is C=CCCC1CCC(C(F)=C(F)c2ccc3cc(/C=C/C)ccc3c2F)CC1. The zero-order valence-corrected chi connectivity index (χ0v) is 16.4. The van der Waals surface area contributed by atoms with Crippen LogP contribution in [0.2, 0.25) is 0 Å². The lowest BCUT2D eigenvalue weighted by Crippen LogP contribution is -2.15. The molecular formula is C25H27F3. The van der Waals surface area contributed by atoms with Crippen molar-refractivity contribution in [3.05, 3.63) is 71.8 Å². The van der Waals surface area contributed by atoms with Gasteiger partial charge >= 0.3 is 0 Å². The van der Waals surface area contributed by atoms with E-state index in [-0.39, 0.29) is 5.56 Å². The summed E-state index contributed by atoms with van der Waals surface area (Å²) in [6.45, 7) is 5.64.